The van der Waals surface area contributed by atoms with E-state index in [1.165, 1.54) is 0 Å². The number of esters is 1. The van der Waals surface area contributed by atoms with E-state index in [0.717, 1.165) is 11.1 Å². The minimum absolute atomic E-state index is 0.0924. The fourth-order valence-corrected chi connectivity index (χ4v) is 10.8. The maximum absolute atomic E-state index is 14.4. The lowest BCUT2D eigenvalue weighted by atomic mass is 9.72. The van der Waals surface area contributed by atoms with Crippen molar-refractivity contribution in [2.24, 2.45) is 23.7 Å². The molecule has 14 nitrogen and oxygen atoms in total. The second-order valence-electron chi connectivity index (χ2n) is 19.0. The van der Waals surface area contributed by atoms with Crippen molar-refractivity contribution in [3.8, 4) is 0 Å². The molecule has 2 spiro atoms. The number of aliphatic hydroxyl groups excluding tert-OH is 1. The first kappa shape index (κ1) is 45.3. The van der Waals surface area contributed by atoms with E-state index in [4.69, 9.17) is 52.1 Å². The van der Waals surface area contributed by atoms with E-state index >= 15 is 0 Å². The monoisotopic (exact) mass is 856 g/mol. The molecule has 340 valence electrons. The van der Waals surface area contributed by atoms with Gasteiger partial charge in [0.25, 0.3) is 0 Å². The van der Waals surface area contributed by atoms with Crippen LogP contribution in [-0.2, 0) is 56.9 Å². The molecule has 1 unspecified atom stereocenters. The molecule has 0 aromatic rings. The van der Waals surface area contributed by atoms with Gasteiger partial charge in [-0.3, -0.25) is 4.79 Å². The molecule has 5 fully saturated rings. The van der Waals surface area contributed by atoms with Gasteiger partial charge in [0.1, 0.15) is 30.3 Å². The first-order chi connectivity index (χ1) is 29.0. The van der Waals surface area contributed by atoms with Crippen LogP contribution in [0.2, 0.25) is 0 Å². The van der Waals surface area contributed by atoms with Crippen LogP contribution in [0, 0.1) is 23.7 Å². The highest BCUT2D eigenvalue weighted by molar-refractivity contribution is 5.79. The van der Waals surface area contributed by atoms with E-state index in [0.29, 0.717) is 37.7 Å². The van der Waals surface area contributed by atoms with Crippen LogP contribution in [-0.4, -0.2) is 134 Å². The number of hydrogen-bond donors (Lipinski definition) is 2. The summed E-state index contributed by atoms with van der Waals surface area (Å²) in [6, 6.07) is 0. The number of carbonyl (C=O) groups is 1. The second-order valence-corrected chi connectivity index (χ2v) is 19.0. The number of hydrogen-bond acceptors (Lipinski definition) is 14. The summed E-state index contributed by atoms with van der Waals surface area (Å²) >= 11 is 0. The average molecular weight is 857 g/mol. The SMILES string of the molecule is CO[C@H]1C[C@H](O[C@H]2[C@H](C)O[C@@H](O[C@@H]3/C(C)=C/C[C@@H]4C[C@@H](C[C@]5(C=C[C@H](C)C(C(C)C)O5)O4)OC(=O)[C@@H]4C=C(C)[C@H]5O[C@@]56OC/C(=C\C=C\[C@@H]3C)[C@@]46O)C[C@@H]2OC)O[C@@H](C)[C@@H]1O. The van der Waals surface area contributed by atoms with Crippen molar-refractivity contribution >= 4 is 5.97 Å². The third kappa shape index (κ3) is 8.43. The van der Waals surface area contributed by atoms with Gasteiger partial charge in [-0.25, -0.2) is 0 Å². The lowest BCUT2D eigenvalue weighted by Gasteiger charge is -2.48. The third-order valence-electron chi connectivity index (χ3n) is 14.3. The van der Waals surface area contributed by atoms with Crippen molar-refractivity contribution in [1.82, 2.24) is 0 Å². The maximum Gasteiger partial charge on any atom is 0.316 e. The number of fused-ring (bicyclic) bond motifs is 2. The van der Waals surface area contributed by atoms with Crippen LogP contribution in [0.25, 0.3) is 0 Å². The summed E-state index contributed by atoms with van der Waals surface area (Å²) in [6.45, 7) is 16.3. The smallest absolute Gasteiger partial charge is 0.316 e. The summed E-state index contributed by atoms with van der Waals surface area (Å²) in [7, 11) is 3.23. The molecule has 8 aliphatic rings. The van der Waals surface area contributed by atoms with Gasteiger partial charge in [-0.15, -0.1) is 0 Å². The molecule has 0 saturated carbocycles. The molecule has 7 heterocycles. The van der Waals surface area contributed by atoms with Gasteiger partial charge < -0.3 is 62.3 Å². The summed E-state index contributed by atoms with van der Waals surface area (Å²) < 4.78 is 69.9. The molecule has 7 aliphatic heterocycles. The average Bonchev–Trinajstić information content (AvgIpc) is 3.91. The molecule has 2 N–H and O–H groups in total. The van der Waals surface area contributed by atoms with Crippen LogP contribution in [0.4, 0.5) is 0 Å². The number of aliphatic hydroxyl groups is 2. The Hall–Kier alpha value is -2.31. The summed E-state index contributed by atoms with van der Waals surface area (Å²) in [4.78, 5) is 14.4. The van der Waals surface area contributed by atoms with Gasteiger partial charge in [0.2, 0.25) is 5.79 Å². The summed E-state index contributed by atoms with van der Waals surface area (Å²) in [5.74, 6) is -3.79. The van der Waals surface area contributed by atoms with Gasteiger partial charge in [-0.1, -0.05) is 64.2 Å². The first-order valence-electron chi connectivity index (χ1n) is 22.4. The molecule has 19 atom stereocenters. The molecular weight excluding hydrogens is 789 g/mol. The lowest BCUT2D eigenvalue weighted by Crippen LogP contribution is -2.56. The van der Waals surface area contributed by atoms with Gasteiger partial charge >= 0.3 is 5.97 Å². The summed E-state index contributed by atoms with van der Waals surface area (Å²) in [5.41, 5.74) is 0.571. The van der Waals surface area contributed by atoms with Crippen LogP contribution in [0.5, 0.6) is 0 Å². The maximum atomic E-state index is 14.4. The van der Waals surface area contributed by atoms with E-state index in [1.54, 1.807) is 27.2 Å². The summed E-state index contributed by atoms with van der Waals surface area (Å²) in [6.07, 6.45) is 9.84. The fourth-order valence-electron chi connectivity index (χ4n) is 10.8. The fraction of sp³-hybridized carbons (Fsp3) is 0.766. The Morgan fingerprint density at radius 3 is 2.31 bits per heavy atom. The Morgan fingerprint density at radius 1 is 0.852 bits per heavy atom. The van der Waals surface area contributed by atoms with E-state index in [1.807, 2.05) is 38.2 Å². The Kier molecular flexibility index (Phi) is 13.0. The largest absolute Gasteiger partial charge is 0.462 e. The van der Waals surface area contributed by atoms with E-state index < -0.39 is 90.5 Å². The number of allylic oxidation sites excluding steroid dienone is 2. The highest BCUT2D eigenvalue weighted by Gasteiger charge is 2.80. The second kappa shape index (κ2) is 17.6. The molecule has 0 aromatic carbocycles. The van der Waals surface area contributed by atoms with Crippen LogP contribution < -0.4 is 0 Å². The van der Waals surface area contributed by atoms with Crippen LogP contribution >= 0.6 is 0 Å². The van der Waals surface area contributed by atoms with E-state index in [-0.39, 0.29) is 42.7 Å². The molecule has 1 aliphatic carbocycles. The zero-order valence-electron chi connectivity index (χ0n) is 37.4. The molecule has 61 heavy (non-hydrogen) atoms. The molecule has 0 amide bonds. The van der Waals surface area contributed by atoms with E-state index in [9.17, 15) is 15.0 Å². The number of carbonyl (C=O) groups excluding carboxylic acids is 1. The van der Waals surface area contributed by atoms with Gasteiger partial charge in [0.05, 0.1) is 49.3 Å². The third-order valence-corrected chi connectivity index (χ3v) is 14.3. The molecule has 5 saturated heterocycles. The van der Waals surface area contributed by atoms with Gasteiger partial charge in [0.15, 0.2) is 24.0 Å². The molecule has 0 aromatic heterocycles. The van der Waals surface area contributed by atoms with Crippen molar-refractivity contribution in [2.75, 3.05) is 20.8 Å². The highest BCUT2D eigenvalue weighted by Crippen LogP contribution is 2.62. The van der Waals surface area contributed by atoms with Crippen molar-refractivity contribution in [2.45, 2.75) is 184 Å². The van der Waals surface area contributed by atoms with Crippen molar-refractivity contribution in [1.29, 1.82) is 0 Å². The first-order valence-corrected chi connectivity index (χ1v) is 22.4. The standard InChI is InChI=1S/C47H68O14/c1-24(2)40-27(5)16-17-45(60-40)22-33-19-32(59-45)15-14-26(4)41(57-38-21-36(52-10)42(30(8)55-38)58-37-20-35(51-9)39(48)29(7)54-37)25(3)12-11-13-31-23-53-47-43(61-47)28(6)18-34(44(49)56-33)46(31,47)50/h11-14,16-18,24-25,27,29-30,32-43,48,50H,15,19-23H2,1-10H3/b12-11+,26-14+,31-13+/t25-,27-,29-,30-,32+,33-,34-,35-,36-,37-,38-,39-,40?,41-,42-,43+,45+,46+,47-/m0/s1. The Labute approximate surface area is 360 Å². The van der Waals surface area contributed by atoms with E-state index in [2.05, 4.69) is 46.8 Å². The lowest BCUT2D eigenvalue weighted by molar-refractivity contribution is -0.318. The predicted octanol–water partition coefficient (Wildman–Crippen LogP) is 5.35. The molecule has 14 heteroatoms. The summed E-state index contributed by atoms with van der Waals surface area (Å²) in [5, 5.41) is 23.2. The highest BCUT2D eigenvalue weighted by atomic mass is 16.8. The number of epoxide rings is 1. The van der Waals surface area contributed by atoms with Crippen LogP contribution in [0.1, 0.15) is 87.5 Å². The molecule has 0 radical (unpaired) electrons. The Balaban J connectivity index is 1.08. The van der Waals surface area contributed by atoms with Crippen molar-refractivity contribution in [3.05, 3.63) is 59.3 Å². The van der Waals surface area contributed by atoms with Gasteiger partial charge in [-0.2, -0.15) is 0 Å². The molecule has 8 rings (SSSR count). The molecular formula is C47H68O14. The Morgan fingerprint density at radius 2 is 1.57 bits per heavy atom. The van der Waals surface area contributed by atoms with Crippen LogP contribution in [0.15, 0.2) is 59.3 Å². The Bertz CT molecular complexity index is 1770. The predicted molar refractivity (Wildman–Crippen MR) is 220 cm³/mol. The zero-order chi connectivity index (χ0) is 43.6. The van der Waals surface area contributed by atoms with Crippen molar-refractivity contribution in [3.63, 3.8) is 0 Å². The van der Waals surface area contributed by atoms with Crippen molar-refractivity contribution < 1.29 is 67.1 Å². The quantitative estimate of drug-likeness (QED) is 0.191. The van der Waals surface area contributed by atoms with Gasteiger partial charge in [-0.05, 0) is 62.8 Å². The van der Waals surface area contributed by atoms with Crippen LogP contribution in [0.3, 0.4) is 0 Å². The number of ether oxygens (including phenoxy) is 11. The number of rotatable bonds is 7. The van der Waals surface area contributed by atoms with Gasteiger partial charge in [0, 0.05) is 51.7 Å². The minimum Gasteiger partial charge on any atom is -0.462 e. The topological polar surface area (TPSA) is 162 Å². The zero-order valence-corrected chi connectivity index (χ0v) is 37.4. The molecule has 2 bridgehead atoms. The minimum atomic E-state index is -1.77. The normalized spacial score (nSPS) is 51.0. The number of methoxy groups -OCH3 is 2.